The maximum Gasteiger partial charge on any atom is 0.129 e. The van der Waals surface area contributed by atoms with Crippen LogP contribution in [0.5, 0.6) is 0 Å². The fourth-order valence-corrected chi connectivity index (χ4v) is 2.23. The summed E-state index contributed by atoms with van der Waals surface area (Å²) in [6.45, 7) is 0. The lowest BCUT2D eigenvalue weighted by Crippen LogP contribution is -2.07. The quantitative estimate of drug-likeness (QED) is 0.711. The lowest BCUT2D eigenvalue weighted by atomic mass is 9.80. The van der Waals surface area contributed by atoms with Crippen molar-refractivity contribution in [3.8, 4) is 0 Å². The Labute approximate surface area is 87.3 Å². The molecule has 0 unspecified atom stereocenters. The van der Waals surface area contributed by atoms with E-state index in [1.807, 2.05) is 6.07 Å². The lowest BCUT2D eigenvalue weighted by Gasteiger charge is -2.24. The molecule has 1 fully saturated rings. The van der Waals surface area contributed by atoms with E-state index < -0.39 is 0 Å². The zero-order chi connectivity index (χ0) is 9.54. The van der Waals surface area contributed by atoms with E-state index in [-0.39, 0.29) is 0 Å². The van der Waals surface area contributed by atoms with E-state index in [1.165, 1.54) is 30.2 Å². The van der Waals surface area contributed by atoms with Crippen molar-refractivity contribution in [1.29, 1.82) is 0 Å². The Kier molecular flexibility index (Phi) is 1.77. The zero-order valence-corrected chi connectivity index (χ0v) is 8.51. The first-order valence-electron chi connectivity index (χ1n) is 4.97. The first-order valence-corrected chi connectivity index (χ1v) is 5.35. The molecule has 72 valence electrons. The number of pyridine rings is 1. The standard InChI is InChI=1S/C11H11ClN2/c12-11-4-8-9(7-2-1-3-7)5-13-10(8)6-14-11/h4-7,13H,1-3H2. The van der Waals surface area contributed by atoms with Gasteiger partial charge in [0, 0.05) is 11.6 Å². The molecule has 0 aromatic carbocycles. The Morgan fingerprint density at radius 2 is 2.29 bits per heavy atom. The summed E-state index contributed by atoms with van der Waals surface area (Å²) in [5, 5.41) is 1.83. The molecular weight excluding hydrogens is 196 g/mol. The van der Waals surface area contributed by atoms with Gasteiger partial charge in [0.15, 0.2) is 0 Å². The van der Waals surface area contributed by atoms with Crippen molar-refractivity contribution in [2.75, 3.05) is 0 Å². The second-order valence-corrected chi connectivity index (χ2v) is 4.31. The molecule has 2 nitrogen and oxygen atoms in total. The number of H-pyrrole nitrogens is 1. The predicted octanol–water partition coefficient (Wildman–Crippen LogP) is 3.48. The maximum atomic E-state index is 5.89. The number of hydrogen-bond donors (Lipinski definition) is 1. The number of hydrogen-bond acceptors (Lipinski definition) is 1. The highest BCUT2D eigenvalue weighted by Crippen LogP contribution is 2.39. The van der Waals surface area contributed by atoms with E-state index in [4.69, 9.17) is 11.6 Å². The smallest absolute Gasteiger partial charge is 0.129 e. The molecule has 1 N–H and O–H groups in total. The van der Waals surface area contributed by atoms with E-state index in [1.54, 1.807) is 6.20 Å². The second-order valence-electron chi connectivity index (χ2n) is 3.92. The van der Waals surface area contributed by atoms with Crippen molar-refractivity contribution in [3.05, 3.63) is 29.2 Å². The largest absolute Gasteiger partial charge is 0.360 e. The number of fused-ring (bicyclic) bond motifs is 1. The number of aromatic amines is 1. The summed E-state index contributed by atoms with van der Waals surface area (Å²) in [7, 11) is 0. The van der Waals surface area contributed by atoms with Crippen LogP contribution in [0.1, 0.15) is 30.7 Å². The fourth-order valence-electron chi connectivity index (χ4n) is 2.07. The Bertz CT molecular complexity index is 471. The van der Waals surface area contributed by atoms with Gasteiger partial charge >= 0.3 is 0 Å². The van der Waals surface area contributed by atoms with Gasteiger partial charge in [0.2, 0.25) is 0 Å². The van der Waals surface area contributed by atoms with Crippen LogP contribution in [0, 0.1) is 0 Å². The number of halogens is 1. The zero-order valence-electron chi connectivity index (χ0n) is 7.76. The molecule has 1 saturated carbocycles. The van der Waals surface area contributed by atoms with Gasteiger partial charge in [0.05, 0.1) is 11.7 Å². The molecule has 3 heteroatoms. The Morgan fingerprint density at radius 1 is 1.43 bits per heavy atom. The topological polar surface area (TPSA) is 28.7 Å². The molecule has 1 aliphatic rings. The molecule has 2 heterocycles. The van der Waals surface area contributed by atoms with Gasteiger partial charge < -0.3 is 4.98 Å². The van der Waals surface area contributed by atoms with Crippen molar-refractivity contribution in [1.82, 2.24) is 9.97 Å². The molecule has 2 aromatic rings. The SMILES string of the molecule is Clc1cc2c(C3CCC3)c[nH]c2cn1. The number of nitrogens with one attached hydrogen (secondary N) is 1. The summed E-state index contributed by atoms with van der Waals surface area (Å²) in [5.74, 6) is 0.738. The van der Waals surface area contributed by atoms with Crippen LogP contribution in [-0.4, -0.2) is 9.97 Å². The predicted molar refractivity (Wildman–Crippen MR) is 57.7 cm³/mol. The molecule has 0 bridgehead atoms. The summed E-state index contributed by atoms with van der Waals surface area (Å²) < 4.78 is 0. The first kappa shape index (κ1) is 8.30. The summed E-state index contributed by atoms with van der Waals surface area (Å²) in [6.07, 6.45) is 7.89. The molecule has 0 saturated heterocycles. The van der Waals surface area contributed by atoms with E-state index in [9.17, 15) is 0 Å². The molecule has 0 spiro atoms. The van der Waals surface area contributed by atoms with Gasteiger partial charge in [-0.15, -0.1) is 0 Å². The van der Waals surface area contributed by atoms with Gasteiger partial charge in [0.25, 0.3) is 0 Å². The van der Waals surface area contributed by atoms with Crippen LogP contribution in [0.25, 0.3) is 10.9 Å². The summed E-state index contributed by atoms with van der Waals surface area (Å²) in [5.41, 5.74) is 2.51. The highest BCUT2D eigenvalue weighted by atomic mass is 35.5. The summed E-state index contributed by atoms with van der Waals surface area (Å²) in [6, 6.07) is 1.96. The van der Waals surface area contributed by atoms with Crippen LogP contribution < -0.4 is 0 Å². The molecule has 14 heavy (non-hydrogen) atoms. The van der Waals surface area contributed by atoms with Crippen LogP contribution in [0.4, 0.5) is 0 Å². The third kappa shape index (κ3) is 1.14. The highest BCUT2D eigenvalue weighted by molar-refractivity contribution is 6.30. The van der Waals surface area contributed by atoms with Crippen LogP contribution in [0.15, 0.2) is 18.5 Å². The minimum absolute atomic E-state index is 0.581. The molecule has 2 aromatic heterocycles. The van der Waals surface area contributed by atoms with Crippen molar-refractivity contribution >= 4 is 22.5 Å². The number of aromatic nitrogens is 2. The van der Waals surface area contributed by atoms with Crippen molar-refractivity contribution in [2.24, 2.45) is 0 Å². The van der Waals surface area contributed by atoms with Crippen LogP contribution in [-0.2, 0) is 0 Å². The van der Waals surface area contributed by atoms with E-state index in [2.05, 4.69) is 16.2 Å². The van der Waals surface area contributed by atoms with Crippen molar-refractivity contribution in [2.45, 2.75) is 25.2 Å². The summed E-state index contributed by atoms with van der Waals surface area (Å²) in [4.78, 5) is 7.30. The molecule has 0 aliphatic heterocycles. The number of nitrogens with zero attached hydrogens (tertiary/aromatic N) is 1. The monoisotopic (exact) mass is 206 g/mol. The Morgan fingerprint density at radius 3 is 3.00 bits per heavy atom. The lowest BCUT2D eigenvalue weighted by molar-refractivity contribution is 0.422. The van der Waals surface area contributed by atoms with Crippen molar-refractivity contribution in [3.63, 3.8) is 0 Å². The van der Waals surface area contributed by atoms with Crippen LogP contribution in [0.2, 0.25) is 5.15 Å². The highest BCUT2D eigenvalue weighted by Gasteiger charge is 2.22. The Balaban J connectivity index is 2.18. The molecule has 0 atom stereocenters. The maximum absolute atomic E-state index is 5.89. The van der Waals surface area contributed by atoms with E-state index >= 15 is 0 Å². The van der Waals surface area contributed by atoms with Crippen molar-refractivity contribution < 1.29 is 0 Å². The molecule has 1 aliphatic carbocycles. The number of rotatable bonds is 1. The molecular formula is C11H11ClN2. The van der Waals surface area contributed by atoms with Gasteiger partial charge in [-0.05, 0) is 30.4 Å². The van der Waals surface area contributed by atoms with Gasteiger partial charge in [-0.25, -0.2) is 4.98 Å². The molecule has 3 rings (SSSR count). The third-order valence-electron chi connectivity index (χ3n) is 3.11. The van der Waals surface area contributed by atoms with E-state index in [0.29, 0.717) is 5.15 Å². The summed E-state index contributed by atoms with van der Waals surface area (Å²) >= 11 is 5.89. The third-order valence-corrected chi connectivity index (χ3v) is 3.32. The average molecular weight is 207 g/mol. The Hall–Kier alpha value is -1.02. The normalized spacial score (nSPS) is 17.2. The molecule has 0 amide bonds. The van der Waals surface area contributed by atoms with E-state index in [0.717, 1.165) is 11.4 Å². The van der Waals surface area contributed by atoms with Crippen LogP contribution >= 0.6 is 11.6 Å². The van der Waals surface area contributed by atoms with Gasteiger partial charge in [0.1, 0.15) is 5.15 Å². The fraction of sp³-hybridized carbons (Fsp3) is 0.364. The molecule has 0 radical (unpaired) electrons. The van der Waals surface area contributed by atoms with Gasteiger partial charge in [-0.1, -0.05) is 18.0 Å². The first-order chi connectivity index (χ1) is 6.84. The average Bonchev–Trinajstić information content (AvgIpc) is 2.46. The minimum atomic E-state index is 0.581. The van der Waals surface area contributed by atoms with Gasteiger partial charge in [-0.2, -0.15) is 0 Å². The van der Waals surface area contributed by atoms with Crippen LogP contribution in [0.3, 0.4) is 0 Å². The second kappa shape index (κ2) is 2.99. The van der Waals surface area contributed by atoms with Gasteiger partial charge in [-0.3, -0.25) is 0 Å². The minimum Gasteiger partial charge on any atom is -0.360 e.